The van der Waals surface area contributed by atoms with Gasteiger partial charge in [-0.25, -0.2) is 4.79 Å². The zero-order valence-electron chi connectivity index (χ0n) is 37.5. The summed E-state index contributed by atoms with van der Waals surface area (Å²) in [6, 6.07) is -0.628. The van der Waals surface area contributed by atoms with E-state index in [0.717, 1.165) is 44.9 Å². The van der Waals surface area contributed by atoms with Crippen LogP contribution in [0.2, 0.25) is 0 Å². The lowest BCUT2D eigenvalue weighted by Crippen LogP contribution is -2.50. The Morgan fingerprint density at radius 2 is 0.983 bits per heavy atom. The van der Waals surface area contributed by atoms with E-state index in [0.29, 0.717) is 19.3 Å². The van der Waals surface area contributed by atoms with Crippen molar-refractivity contribution in [2.45, 2.75) is 174 Å². The van der Waals surface area contributed by atoms with Crippen molar-refractivity contribution in [2.24, 2.45) is 0 Å². The smallest absolute Gasteiger partial charge is 0.362 e. The van der Waals surface area contributed by atoms with Crippen LogP contribution in [0.25, 0.3) is 0 Å². The van der Waals surface area contributed by atoms with Crippen molar-refractivity contribution in [3.8, 4) is 0 Å². The van der Waals surface area contributed by atoms with Gasteiger partial charge in [-0.1, -0.05) is 170 Å². The molecule has 2 atom stereocenters. The van der Waals surface area contributed by atoms with Crippen molar-refractivity contribution < 1.29 is 38.2 Å². The number of hydrogen-bond donors (Lipinski definition) is 1. The molecule has 0 aliphatic heterocycles. The number of allylic oxidation sites excluding steroid dienone is 14. The van der Waals surface area contributed by atoms with E-state index in [1.54, 1.807) is 0 Å². The Morgan fingerprint density at radius 1 is 0.534 bits per heavy atom. The predicted octanol–water partition coefficient (Wildman–Crippen LogP) is 12.5. The molecule has 2 unspecified atom stereocenters. The van der Waals surface area contributed by atoms with Crippen LogP contribution in [0.4, 0.5) is 0 Å². The Morgan fingerprint density at radius 3 is 1.50 bits per heavy atom. The first-order valence-electron chi connectivity index (χ1n) is 22.7. The van der Waals surface area contributed by atoms with Gasteiger partial charge in [-0.3, -0.25) is 9.59 Å². The molecule has 0 aliphatic carbocycles. The van der Waals surface area contributed by atoms with Gasteiger partial charge in [0, 0.05) is 19.3 Å². The number of ether oxygens (including phenoxy) is 3. The minimum atomic E-state index is -0.887. The van der Waals surface area contributed by atoms with E-state index in [1.165, 1.54) is 77.0 Å². The summed E-state index contributed by atoms with van der Waals surface area (Å²) in [5.74, 6) is -1.54. The van der Waals surface area contributed by atoms with Gasteiger partial charge in [0.05, 0.1) is 34.4 Å². The highest BCUT2D eigenvalue weighted by molar-refractivity contribution is 5.72. The van der Waals surface area contributed by atoms with Crippen molar-refractivity contribution in [1.29, 1.82) is 0 Å². The van der Waals surface area contributed by atoms with Crippen LogP contribution < -0.4 is 0 Å². The Kier molecular flexibility index (Phi) is 37.9. The molecule has 0 radical (unpaired) electrons. The second kappa shape index (κ2) is 40.3. The summed E-state index contributed by atoms with van der Waals surface area (Å²) >= 11 is 0. The van der Waals surface area contributed by atoms with Crippen molar-refractivity contribution in [1.82, 2.24) is 0 Å². The van der Waals surface area contributed by atoms with E-state index >= 15 is 0 Å². The molecule has 0 saturated heterocycles. The lowest BCUT2D eigenvalue weighted by molar-refractivity contribution is -0.887. The number of unbranched alkanes of at least 4 members (excludes halogenated alkanes) is 16. The molecule has 0 fully saturated rings. The highest BCUT2D eigenvalue weighted by Gasteiger charge is 2.31. The average Bonchev–Trinajstić information content (AvgIpc) is 3.18. The van der Waals surface area contributed by atoms with Crippen LogP contribution >= 0.6 is 0 Å². The number of nitrogens with zero attached hydrogens (tertiary/aromatic N) is 1. The standard InChI is InChI=1S/C50H83NO7/c1-6-8-10-12-14-16-18-20-22-24-26-28-30-32-34-36-38-40-48(52)57-45-46(44-56-43-42-47(50(54)55)51(3,4)5)58-49(53)41-39-37-35-33-31-29-27-25-23-21-19-17-15-13-11-9-7-2/h9,11,13,15,17,19-23,25,27,29,31,46-47H,6-8,10,12,14,16,18,24,26,28,30,32-45H2,1-5H3/p+1/b11-9+,15-13+,19-17+,22-20+,23-21+,27-25+,31-29+. The quantitative estimate of drug-likeness (QED) is 0.0217. The highest BCUT2D eigenvalue weighted by Crippen LogP contribution is 2.13. The van der Waals surface area contributed by atoms with Crippen LogP contribution in [0.15, 0.2) is 85.1 Å². The summed E-state index contributed by atoms with van der Waals surface area (Å²) in [5, 5.41) is 9.62. The molecule has 0 amide bonds. The largest absolute Gasteiger partial charge is 0.477 e. The van der Waals surface area contributed by atoms with Crippen molar-refractivity contribution >= 4 is 17.9 Å². The fraction of sp³-hybridized carbons (Fsp3) is 0.660. The van der Waals surface area contributed by atoms with Crippen molar-refractivity contribution in [2.75, 3.05) is 41.0 Å². The number of carboxylic acid groups (broad SMARTS) is 1. The summed E-state index contributed by atoms with van der Waals surface area (Å²) < 4.78 is 17.2. The molecule has 0 aromatic carbocycles. The number of carboxylic acids is 1. The topological polar surface area (TPSA) is 99.1 Å². The van der Waals surface area contributed by atoms with Gasteiger partial charge in [0.15, 0.2) is 12.1 Å². The van der Waals surface area contributed by atoms with Gasteiger partial charge < -0.3 is 23.8 Å². The third kappa shape index (κ3) is 38.1. The van der Waals surface area contributed by atoms with Gasteiger partial charge >= 0.3 is 17.9 Å². The average molecular weight is 811 g/mol. The van der Waals surface area contributed by atoms with Crippen LogP contribution in [-0.2, 0) is 28.6 Å². The van der Waals surface area contributed by atoms with E-state index in [9.17, 15) is 19.5 Å². The Bertz CT molecular complexity index is 1220. The normalized spacial score (nSPS) is 13.7. The van der Waals surface area contributed by atoms with Crippen LogP contribution in [0.5, 0.6) is 0 Å². The predicted molar refractivity (Wildman–Crippen MR) is 243 cm³/mol. The Balaban J connectivity index is 4.44. The van der Waals surface area contributed by atoms with Crippen LogP contribution in [0.1, 0.15) is 162 Å². The maximum absolute atomic E-state index is 12.7. The molecule has 58 heavy (non-hydrogen) atoms. The van der Waals surface area contributed by atoms with Crippen molar-refractivity contribution in [3.05, 3.63) is 85.1 Å². The molecule has 1 N–H and O–H groups in total. The fourth-order valence-corrected chi connectivity index (χ4v) is 6.18. The third-order valence-electron chi connectivity index (χ3n) is 9.69. The van der Waals surface area contributed by atoms with E-state index in [2.05, 4.69) is 38.2 Å². The molecule has 0 aromatic rings. The molecule has 330 valence electrons. The summed E-state index contributed by atoms with van der Waals surface area (Å²) in [5.41, 5.74) is 0. The van der Waals surface area contributed by atoms with Crippen LogP contribution in [0, 0.1) is 0 Å². The molecule has 8 nitrogen and oxygen atoms in total. The maximum atomic E-state index is 12.7. The lowest BCUT2D eigenvalue weighted by Gasteiger charge is -2.31. The number of carbonyl (C=O) groups is 3. The molecule has 0 heterocycles. The van der Waals surface area contributed by atoms with Gasteiger partial charge in [-0.15, -0.1) is 0 Å². The maximum Gasteiger partial charge on any atom is 0.362 e. The minimum absolute atomic E-state index is 0.0366. The van der Waals surface area contributed by atoms with Gasteiger partial charge in [0.2, 0.25) is 0 Å². The summed E-state index contributed by atoms with van der Waals surface area (Å²) in [6.45, 7) is 4.52. The first kappa shape index (κ1) is 54.5. The van der Waals surface area contributed by atoms with Gasteiger partial charge in [0.1, 0.15) is 6.61 Å². The number of esters is 2. The zero-order valence-corrected chi connectivity index (χ0v) is 37.5. The minimum Gasteiger partial charge on any atom is -0.477 e. The van der Waals surface area contributed by atoms with Gasteiger partial charge in [-0.05, 0) is 57.8 Å². The number of likely N-dealkylation sites (N-methyl/N-ethyl adjacent to an activating group) is 1. The summed E-state index contributed by atoms with van der Waals surface area (Å²) in [7, 11) is 5.50. The molecular formula is C50H84NO7+. The highest BCUT2D eigenvalue weighted by atomic mass is 16.6. The number of rotatable bonds is 39. The van der Waals surface area contributed by atoms with Gasteiger partial charge in [0.25, 0.3) is 0 Å². The molecule has 0 saturated carbocycles. The molecule has 0 rings (SSSR count). The van der Waals surface area contributed by atoms with Crippen LogP contribution in [-0.4, -0.2) is 80.6 Å². The molecule has 0 spiro atoms. The second-order valence-electron chi connectivity index (χ2n) is 16.1. The first-order valence-corrected chi connectivity index (χ1v) is 22.7. The van der Waals surface area contributed by atoms with E-state index in [-0.39, 0.29) is 42.7 Å². The van der Waals surface area contributed by atoms with Crippen molar-refractivity contribution in [3.63, 3.8) is 0 Å². The first-order chi connectivity index (χ1) is 28.1. The number of aliphatic carboxylic acids is 1. The summed E-state index contributed by atoms with van der Waals surface area (Å²) in [4.78, 5) is 37.0. The van der Waals surface area contributed by atoms with Gasteiger partial charge in [-0.2, -0.15) is 0 Å². The SMILES string of the molecule is CC/C=C/C=C/C=C/C=C/C=C/C=C/CCCCCC(=O)OC(COCCC(C(=O)O)[N+](C)(C)C)COC(=O)CCCCCCCCC/C=C/CCCCCCCC. The monoisotopic (exact) mass is 811 g/mol. The van der Waals surface area contributed by atoms with E-state index < -0.39 is 18.1 Å². The second-order valence-corrected chi connectivity index (χ2v) is 16.1. The molecular weight excluding hydrogens is 727 g/mol. The molecule has 8 heteroatoms. The number of carbonyl (C=O) groups excluding carboxylic acids is 2. The zero-order chi connectivity index (χ0) is 42.8. The molecule has 0 aliphatic rings. The van der Waals surface area contributed by atoms with E-state index in [4.69, 9.17) is 14.2 Å². The number of quaternary nitrogens is 1. The Labute approximate surface area is 354 Å². The number of hydrogen-bond acceptors (Lipinski definition) is 6. The summed E-state index contributed by atoms with van der Waals surface area (Å²) in [6.07, 6.45) is 51.9. The third-order valence-corrected chi connectivity index (χ3v) is 9.69. The Hall–Kier alpha value is -3.49. The molecule has 0 bridgehead atoms. The fourth-order valence-electron chi connectivity index (χ4n) is 6.18. The van der Waals surface area contributed by atoms with Crippen LogP contribution in [0.3, 0.4) is 0 Å². The van der Waals surface area contributed by atoms with E-state index in [1.807, 2.05) is 81.9 Å². The molecule has 0 aromatic heterocycles. The lowest BCUT2D eigenvalue weighted by atomic mass is 10.1.